The molecule has 3 aliphatic rings. The lowest BCUT2D eigenvalue weighted by molar-refractivity contribution is -0.161. The number of fused-ring (bicyclic) bond motifs is 1. The van der Waals surface area contributed by atoms with Gasteiger partial charge in [-0.1, -0.05) is 36.0 Å². The first-order chi connectivity index (χ1) is 13.9. The minimum atomic E-state index is -1.15. The Morgan fingerprint density at radius 1 is 1.34 bits per heavy atom. The maximum Gasteiger partial charge on any atom is 0.352 e. The number of hydrogen-bond donors (Lipinski definition) is 3. The van der Waals surface area contributed by atoms with Gasteiger partial charge in [-0.05, 0) is 30.0 Å². The number of aliphatic imine (C=N–C) groups is 1. The minimum Gasteiger partial charge on any atom is -0.477 e. The maximum absolute atomic E-state index is 12.3. The fourth-order valence-corrected chi connectivity index (χ4v) is 4.85. The summed E-state index contributed by atoms with van der Waals surface area (Å²) in [4.78, 5) is 41.7. The van der Waals surface area contributed by atoms with Gasteiger partial charge in [0.15, 0.2) is 5.17 Å². The molecule has 3 aliphatic heterocycles. The van der Waals surface area contributed by atoms with Crippen molar-refractivity contribution in [3.8, 4) is 0 Å². The van der Waals surface area contributed by atoms with Crippen molar-refractivity contribution in [1.82, 2.24) is 10.2 Å². The van der Waals surface area contributed by atoms with Gasteiger partial charge in [0.1, 0.15) is 5.70 Å². The van der Waals surface area contributed by atoms with Crippen LogP contribution in [0.4, 0.5) is 0 Å². The third kappa shape index (κ3) is 3.56. The Labute approximate surface area is 171 Å². The molecule has 0 unspecified atom stereocenters. The summed E-state index contributed by atoms with van der Waals surface area (Å²) in [6.45, 7) is 2.26. The van der Waals surface area contributed by atoms with Crippen molar-refractivity contribution in [1.29, 1.82) is 0 Å². The van der Waals surface area contributed by atoms with E-state index in [1.54, 1.807) is 31.2 Å². The number of nitrogens with one attached hydrogen (secondary N) is 1. The van der Waals surface area contributed by atoms with Gasteiger partial charge in [-0.2, -0.15) is 0 Å². The number of nitrogens with zero attached hydrogens (tertiary/aromatic N) is 2. The molecule has 0 bridgehead atoms. The van der Waals surface area contributed by atoms with Crippen LogP contribution in [0.2, 0.25) is 0 Å². The number of carbonyl (C=O) groups excluding carboxylic acids is 2. The molecule has 0 spiro atoms. The molecular formula is C20H21N3O5S. The lowest BCUT2D eigenvalue weighted by Gasteiger charge is -2.44. The van der Waals surface area contributed by atoms with E-state index in [2.05, 4.69) is 10.3 Å². The van der Waals surface area contributed by atoms with E-state index >= 15 is 0 Å². The monoisotopic (exact) mass is 415 g/mol. The topological polar surface area (TPSA) is 119 Å². The Bertz CT molecular complexity index is 938. The fourth-order valence-electron chi connectivity index (χ4n) is 4.11. The molecule has 0 aliphatic carbocycles. The van der Waals surface area contributed by atoms with Gasteiger partial charge in [0.2, 0.25) is 11.8 Å². The Balaban J connectivity index is 1.50. The Morgan fingerprint density at radius 2 is 2.07 bits per heavy atom. The van der Waals surface area contributed by atoms with Crippen LogP contribution in [0.15, 0.2) is 35.0 Å². The molecule has 1 fully saturated rings. The molecule has 1 aromatic carbocycles. The highest BCUT2D eigenvalue weighted by Crippen LogP contribution is 2.46. The van der Waals surface area contributed by atoms with Gasteiger partial charge in [0, 0.05) is 5.75 Å². The van der Waals surface area contributed by atoms with E-state index in [0.29, 0.717) is 29.3 Å². The molecule has 3 heterocycles. The van der Waals surface area contributed by atoms with Gasteiger partial charge >= 0.3 is 5.97 Å². The summed E-state index contributed by atoms with van der Waals surface area (Å²) >= 11 is 1.52. The molecule has 8 nitrogen and oxygen atoms in total. The molecule has 152 valence electrons. The van der Waals surface area contributed by atoms with E-state index in [1.807, 2.05) is 0 Å². The van der Waals surface area contributed by atoms with Crippen LogP contribution in [0.3, 0.4) is 0 Å². The van der Waals surface area contributed by atoms with E-state index in [4.69, 9.17) is 0 Å². The van der Waals surface area contributed by atoms with Crippen molar-refractivity contribution >= 4 is 40.3 Å². The summed E-state index contributed by atoms with van der Waals surface area (Å²) in [6.07, 6.45) is -0.233. The largest absolute Gasteiger partial charge is 0.477 e. The Morgan fingerprint density at radius 3 is 2.66 bits per heavy atom. The number of carboxylic acids is 1. The average molecular weight is 415 g/mol. The van der Waals surface area contributed by atoms with Crippen LogP contribution in [0, 0.1) is 5.92 Å². The third-order valence-corrected chi connectivity index (χ3v) is 6.32. The zero-order valence-electron chi connectivity index (χ0n) is 15.8. The van der Waals surface area contributed by atoms with Crippen LogP contribution in [0.1, 0.15) is 24.5 Å². The van der Waals surface area contributed by atoms with Crippen LogP contribution >= 0.6 is 11.8 Å². The standard InChI is InChI=1S/C20H21N3O5S/c1-10(24)16-14-9-13(17(19(27)28)23(14)18(16)26)12-4-2-11(3-5-12)8-15(25)22-20-21-6-7-29-20/h2-5,10,14,16,24H,6-9H2,1H3,(H,27,28)(H,21,22,25)/t10-,14-,16-/m1/s1. The summed E-state index contributed by atoms with van der Waals surface area (Å²) < 4.78 is 0. The van der Waals surface area contributed by atoms with E-state index in [0.717, 1.165) is 11.3 Å². The highest BCUT2D eigenvalue weighted by atomic mass is 32.2. The summed E-state index contributed by atoms with van der Waals surface area (Å²) in [7, 11) is 0. The number of benzene rings is 1. The molecule has 3 atom stereocenters. The van der Waals surface area contributed by atoms with Gasteiger partial charge in [-0.3, -0.25) is 14.6 Å². The van der Waals surface area contributed by atoms with Crippen LogP contribution in [-0.4, -0.2) is 62.5 Å². The summed E-state index contributed by atoms with van der Waals surface area (Å²) in [6, 6.07) is 6.80. The van der Waals surface area contributed by atoms with Crippen molar-refractivity contribution in [2.45, 2.75) is 31.9 Å². The van der Waals surface area contributed by atoms with Crippen molar-refractivity contribution < 1.29 is 24.6 Å². The first-order valence-corrected chi connectivity index (χ1v) is 10.4. The third-order valence-electron chi connectivity index (χ3n) is 5.43. The molecule has 0 aromatic heterocycles. The normalized spacial score (nSPS) is 24.1. The second-order valence-electron chi connectivity index (χ2n) is 7.34. The number of amidine groups is 1. The smallest absolute Gasteiger partial charge is 0.352 e. The van der Waals surface area contributed by atoms with E-state index in [1.165, 1.54) is 16.7 Å². The second kappa shape index (κ2) is 7.64. The van der Waals surface area contributed by atoms with E-state index < -0.39 is 18.0 Å². The molecule has 1 saturated heterocycles. The molecule has 1 aromatic rings. The molecule has 9 heteroatoms. The lowest BCUT2D eigenvalue weighted by atomic mass is 9.82. The van der Waals surface area contributed by atoms with Gasteiger partial charge in [0.05, 0.1) is 31.0 Å². The summed E-state index contributed by atoms with van der Waals surface area (Å²) in [5.41, 5.74) is 2.06. The number of amides is 2. The van der Waals surface area contributed by atoms with Crippen molar-refractivity contribution in [3.05, 3.63) is 41.1 Å². The number of carbonyl (C=O) groups is 3. The van der Waals surface area contributed by atoms with Crippen molar-refractivity contribution in [3.63, 3.8) is 0 Å². The number of aliphatic hydroxyl groups is 1. The molecule has 2 amide bonds. The Kier molecular flexibility index (Phi) is 5.18. The predicted octanol–water partition coefficient (Wildman–Crippen LogP) is 0.855. The number of thioether (sulfide) groups is 1. The van der Waals surface area contributed by atoms with E-state index in [9.17, 15) is 24.6 Å². The van der Waals surface area contributed by atoms with Gasteiger partial charge < -0.3 is 20.4 Å². The quantitative estimate of drug-likeness (QED) is 0.614. The summed E-state index contributed by atoms with van der Waals surface area (Å²) in [5.74, 6) is -1.34. The van der Waals surface area contributed by atoms with Crippen LogP contribution in [0.5, 0.6) is 0 Å². The second-order valence-corrected chi connectivity index (χ2v) is 8.42. The fraction of sp³-hybridized carbons (Fsp3) is 0.400. The molecule has 3 N–H and O–H groups in total. The van der Waals surface area contributed by atoms with Gasteiger partial charge in [-0.25, -0.2) is 4.79 Å². The van der Waals surface area contributed by atoms with Crippen molar-refractivity contribution in [2.75, 3.05) is 12.3 Å². The zero-order chi connectivity index (χ0) is 20.7. The number of rotatable bonds is 5. The predicted molar refractivity (Wildman–Crippen MR) is 108 cm³/mol. The van der Waals surface area contributed by atoms with E-state index in [-0.39, 0.29) is 30.0 Å². The molecule has 0 radical (unpaired) electrons. The number of carboxylic acid groups (broad SMARTS) is 1. The lowest BCUT2D eigenvalue weighted by Crippen LogP contribution is -2.61. The number of aliphatic hydroxyl groups excluding tert-OH is 1. The average Bonchev–Trinajstić information content (AvgIpc) is 3.27. The van der Waals surface area contributed by atoms with Crippen LogP contribution in [-0.2, 0) is 20.8 Å². The first kappa shape index (κ1) is 19.7. The summed E-state index contributed by atoms with van der Waals surface area (Å²) in [5, 5.41) is 22.9. The molecule has 4 rings (SSSR count). The van der Waals surface area contributed by atoms with Gasteiger partial charge in [0.25, 0.3) is 0 Å². The number of β-lactam (4-membered cyclic amide) rings is 1. The molecular weight excluding hydrogens is 394 g/mol. The highest BCUT2D eigenvalue weighted by molar-refractivity contribution is 8.14. The molecule has 29 heavy (non-hydrogen) atoms. The number of aliphatic carboxylic acids is 1. The van der Waals surface area contributed by atoms with Gasteiger partial charge in [-0.15, -0.1) is 0 Å². The van der Waals surface area contributed by atoms with Crippen LogP contribution < -0.4 is 5.32 Å². The molecule has 0 saturated carbocycles. The zero-order valence-corrected chi connectivity index (χ0v) is 16.6. The Hall–Kier alpha value is -2.65. The van der Waals surface area contributed by atoms with Crippen LogP contribution in [0.25, 0.3) is 5.57 Å². The first-order valence-electron chi connectivity index (χ1n) is 9.41. The minimum absolute atomic E-state index is 0.0151. The number of hydrogen-bond acceptors (Lipinski definition) is 6. The SMILES string of the molecule is C[C@@H](O)[C@H]1C(=O)N2C(C(=O)O)=C(c3ccc(CC(=O)NC4=NCCS4)cc3)C[C@H]12. The maximum atomic E-state index is 12.3. The highest BCUT2D eigenvalue weighted by Gasteiger charge is 2.56. The van der Waals surface area contributed by atoms with Crippen molar-refractivity contribution in [2.24, 2.45) is 10.9 Å².